The molecule has 3 heteroatoms. The van der Waals surface area contributed by atoms with Crippen LogP contribution in [-0.2, 0) is 11.4 Å². The summed E-state index contributed by atoms with van der Waals surface area (Å²) >= 11 is 5.90. The van der Waals surface area contributed by atoms with Crippen molar-refractivity contribution < 1.29 is 4.84 Å². The van der Waals surface area contributed by atoms with Crippen molar-refractivity contribution in [3.05, 3.63) is 34.9 Å². The third-order valence-electron chi connectivity index (χ3n) is 2.99. The molecule has 0 aromatic heterocycles. The highest BCUT2D eigenvalue weighted by atomic mass is 35.5. The number of nitrogens with zero attached hydrogens (tertiary/aromatic N) is 1. The first-order valence-corrected chi connectivity index (χ1v) is 6.64. The van der Waals surface area contributed by atoms with Crippen molar-refractivity contribution in [2.75, 3.05) is 0 Å². The molecular weight excluding hydrogens is 234 g/mol. The molecule has 0 saturated heterocycles. The fourth-order valence-electron chi connectivity index (χ4n) is 2.05. The van der Waals surface area contributed by atoms with Crippen molar-refractivity contribution in [2.24, 2.45) is 5.16 Å². The van der Waals surface area contributed by atoms with Crippen molar-refractivity contribution in [3.63, 3.8) is 0 Å². The quantitative estimate of drug-likeness (QED) is 0.570. The van der Waals surface area contributed by atoms with E-state index in [0.29, 0.717) is 6.61 Å². The first-order valence-electron chi connectivity index (χ1n) is 6.27. The van der Waals surface area contributed by atoms with E-state index in [0.717, 1.165) is 23.4 Å². The fourth-order valence-corrected chi connectivity index (χ4v) is 2.27. The minimum atomic E-state index is 0.504. The lowest BCUT2D eigenvalue weighted by Crippen LogP contribution is -1.97. The maximum Gasteiger partial charge on any atom is 0.142 e. The smallest absolute Gasteiger partial charge is 0.142 e. The Bertz CT molecular complexity index is 380. The summed E-state index contributed by atoms with van der Waals surface area (Å²) < 4.78 is 0. The highest BCUT2D eigenvalue weighted by molar-refractivity contribution is 6.30. The molecule has 0 spiro atoms. The molecule has 0 radical (unpaired) electrons. The molecule has 0 amide bonds. The molecule has 1 aromatic rings. The maximum absolute atomic E-state index is 5.90. The number of halogens is 1. The summed E-state index contributed by atoms with van der Waals surface area (Å²) in [6.07, 6.45) is 7.34. The Morgan fingerprint density at radius 2 is 1.88 bits per heavy atom. The lowest BCUT2D eigenvalue weighted by atomic mass is 10.2. The first-order chi connectivity index (χ1) is 8.34. The van der Waals surface area contributed by atoms with Crippen LogP contribution in [0, 0.1) is 0 Å². The summed E-state index contributed by atoms with van der Waals surface area (Å²) in [5.41, 5.74) is 2.28. The number of oxime groups is 1. The first kappa shape index (κ1) is 12.4. The van der Waals surface area contributed by atoms with Crippen molar-refractivity contribution in [3.8, 4) is 0 Å². The average molecular weight is 252 g/mol. The molecule has 1 fully saturated rings. The molecule has 0 aliphatic heterocycles. The zero-order chi connectivity index (χ0) is 11.9. The number of hydrogen-bond donors (Lipinski definition) is 0. The predicted octanol–water partition coefficient (Wildman–Crippen LogP) is 4.57. The molecule has 17 heavy (non-hydrogen) atoms. The van der Waals surface area contributed by atoms with E-state index in [4.69, 9.17) is 16.4 Å². The standard InChI is InChI=1S/C14H18ClNO/c15-13-7-5-6-12(10-13)11-17-16-14-8-3-1-2-4-9-14/h5-7,10H,1-4,8-9,11H2. The second-order valence-corrected chi connectivity index (χ2v) is 4.91. The fraction of sp³-hybridized carbons (Fsp3) is 0.500. The zero-order valence-electron chi connectivity index (χ0n) is 9.99. The van der Waals surface area contributed by atoms with Crippen LogP contribution in [0.15, 0.2) is 29.4 Å². The Labute approximate surface area is 108 Å². The van der Waals surface area contributed by atoms with Crippen molar-refractivity contribution in [1.29, 1.82) is 0 Å². The molecule has 2 rings (SSSR count). The van der Waals surface area contributed by atoms with Gasteiger partial charge in [0.1, 0.15) is 6.61 Å². The molecular formula is C14H18ClNO. The Kier molecular flexibility index (Phi) is 4.87. The SMILES string of the molecule is Clc1cccc(CON=C2CCCCCC2)c1. The Morgan fingerprint density at radius 3 is 2.59 bits per heavy atom. The van der Waals surface area contributed by atoms with E-state index in [9.17, 15) is 0 Å². The summed E-state index contributed by atoms with van der Waals surface area (Å²) in [5, 5.41) is 4.99. The van der Waals surface area contributed by atoms with Gasteiger partial charge in [-0.05, 0) is 43.4 Å². The average Bonchev–Trinajstić information content (AvgIpc) is 2.58. The van der Waals surface area contributed by atoms with E-state index in [1.165, 1.54) is 31.4 Å². The van der Waals surface area contributed by atoms with Gasteiger partial charge in [-0.2, -0.15) is 0 Å². The summed E-state index contributed by atoms with van der Waals surface area (Å²) in [6.45, 7) is 0.504. The van der Waals surface area contributed by atoms with Crippen LogP contribution >= 0.6 is 11.6 Å². The van der Waals surface area contributed by atoms with Gasteiger partial charge in [0.2, 0.25) is 0 Å². The van der Waals surface area contributed by atoms with Gasteiger partial charge in [0.25, 0.3) is 0 Å². The molecule has 1 aliphatic rings. The van der Waals surface area contributed by atoms with Crippen LogP contribution in [0.5, 0.6) is 0 Å². The molecule has 0 heterocycles. The van der Waals surface area contributed by atoms with Crippen LogP contribution < -0.4 is 0 Å². The molecule has 0 unspecified atom stereocenters. The van der Waals surface area contributed by atoms with Crippen LogP contribution in [0.3, 0.4) is 0 Å². The third kappa shape index (κ3) is 4.39. The van der Waals surface area contributed by atoms with Gasteiger partial charge in [0, 0.05) is 5.02 Å². The highest BCUT2D eigenvalue weighted by Crippen LogP contribution is 2.16. The summed E-state index contributed by atoms with van der Waals surface area (Å²) in [5.74, 6) is 0. The zero-order valence-corrected chi connectivity index (χ0v) is 10.7. The van der Waals surface area contributed by atoms with Crippen LogP contribution in [0.1, 0.15) is 44.1 Å². The van der Waals surface area contributed by atoms with Gasteiger partial charge < -0.3 is 4.84 Å². The minimum absolute atomic E-state index is 0.504. The van der Waals surface area contributed by atoms with Crippen LogP contribution in [0.4, 0.5) is 0 Å². The molecule has 1 aliphatic carbocycles. The van der Waals surface area contributed by atoms with Gasteiger partial charge in [0.05, 0.1) is 5.71 Å². The number of benzene rings is 1. The molecule has 0 atom stereocenters. The predicted molar refractivity (Wildman–Crippen MR) is 71.4 cm³/mol. The van der Waals surface area contributed by atoms with E-state index in [1.807, 2.05) is 24.3 Å². The summed E-state index contributed by atoms with van der Waals surface area (Å²) in [7, 11) is 0. The van der Waals surface area contributed by atoms with Gasteiger partial charge in [-0.25, -0.2) is 0 Å². The van der Waals surface area contributed by atoms with E-state index in [-0.39, 0.29) is 0 Å². The topological polar surface area (TPSA) is 21.6 Å². The maximum atomic E-state index is 5.90. The van der Waals surface area contributed by atoms with Crippen molar-refractivity contribution in [2.45, 2.75) is 45.1 Å². The molecule has 1 aromatic carbocycles. The molecule has 1 saturated carbocycles. The Morgan fingerprint density at radius 1 is 1.12 bits per heavy atom. The van der Waals surface area contributed by atoms with E-state index in [2.05, 4.69) is 5.16 Å². The van der Waals surface area contributed by atoms with E-state index < -0.39 is 0 Å². The van der Waals surface area contributed by atoms with Crippen molar-refractivity contribution >= 4 is 17.3 Å². The Hall–Kier alpha value is -1.02. The van der Waals surface area contributed by atoms with Crippen LogP contribution in [0.25, 0.3) is 0 Å². The molecule has 0 N–H and O–H groups in total. The van der Waals surface area contributed by atoms with Crippen LogP contribution in [-0.4, -0.2) is 5.71 Å². The monoisotopic (exact) mass is 251 g/mol. The van der Waals surface area contributed by atoms with Gasteiger partial charge in [0.15, 0.2) is 0 Å². The van der Waals surface area contributed by atoms with Gasteiger partial charge in [-0.15, -0.1) is 0 Å². The number of hydrogen-bond acceptors (Lipinski definition) is 2. The second-order valence-electron chi connectivity index (χ2n) is 4.48. The normalized spacial score (nSPS) is 16.4. The third-order valence-corrected chi connectivity index (χ3v) is 3.23. The summed E-state index contributed by atoms with van der Waals surface area (Å²) in [4.78, 5) is 5.40. The highest BCUT2D eigenvalue weighted by Gasteiger charge is 2.06. The number of rotatable bonds is 3. The van der Waals surface area contributed by atoms with Crippen LogP contribution in [0.2, 0.25) is 5.02 Å². The van der Waals surface area contributed by atoms with Gasteiger partial charge in [-0.1, -0.05) is 41.7 Å². The minimum Gasteiger partial charge on any atom is -0.391 e. The van der Waals surface area contributed by atoms with Gasteiger partial charge >= 0.3 is 0 Å². The molecule has 0 bridgehead atoms. The molecule has 2 nitrogen and oxygen atoms in total. The lowest BCUT2D eigenvalue weighted by Gasteiger charge is -2.03. The van der Waals surface area contributed by atoms with Gasteiger partial charge in [-0.3, -0.25) is 0 Å². The second kappa shape index (κ2) is 6.65. The molecule has 92 valence electrons. The van der Waals surface area contributed by atoms with E-state index in [1.54, 1.807) is 0 Å². The summed E-state index contributed by atoms with van der Waals surface area (Å²) in [6, 6.07) is 7.70. The van der Waals surface area contributed by atoms with Crippen molar-refractivity contribution in [1.82, 2.24) is 0 Å². The Balaban J connectivity index is 1.83. The largest absolute Gasteiger partial charge is 0.391 e. The van der Waals surface area contributed by atoms with E-state index >= 15 is 0 Å². The lowest BCUT2D eigenvalue weighted by molar-refractivity contribution is 0.129.